The van der Waals surface area contributed by atoms with Gasteiger partial charge in [0, 0.05) is 38.6 Å². The lowest BCUT2D eigenvalue weighted by Gasteiger charge is -2.32. The van der Waals surface area contributed by atoms with Crippen LogP contribution in [-0.4, -0.2) is 47.4 Å². The Bertz CT molecular complexity index is 469. The Kier molecular flexibility index (Phi) is 7.11. The van der Waals surface area contributed by atoms with Crippen molar-refractivity contribution in [2.45, 2.75) is 25.9 Å². The summed E-state index contributed by atoms with van der Waals surface area (Å²) >= 11 is 0. The van der Waals surface area contributed by atoms with E-state index in [1.54, 1.807) is 17.3 Å². The van der Waals surface area contributed by atoms with E-state index in [-0.39, 0.29) is 30.6 Å². The van der Waals surface area contributed by atoms with Crippen molar-refractivity contribution in [2.24, 2.45) is 0 Å². The van der Waals surface area contributed by atoms with Crippen molar-refractivity contribution < 1.29 is 9.59 Å². The highest BCUT2D eigenvalue weighted by molar-refractivity contribution is 5.88. The zero-order valence-electron chi connectivity index (χ0n) is 12.0. The van der Waals surface area contributed by atoms with Gasteiger partial charge >= 0.3 is 0 Å². The standard InChI is InChI=1S/C14H20N4O2.ClH/c1-2-18-7-6-16-12(14(18)20)8-13(19)17-10-11-4-3-5-15-9-11;/h3-5,9,12,16H,2,6-8,10H2,1H3,(H,17,19);1H. The van der Waals surface area contributed by atoms with E-state index in [9.17, 15) is 9.59 Å². The van der Waals surface area contributed by atoms with Gasteiger partial charge in [-0.2, -0.15) is 0 Å². The number of carbonyl (C=O) groups excluding carboxylic acids is 2. The van der Waals surface area contributed by atoms with Crippen molar-refractivity contribution in [3.63, 3.8) is 0 Å². The molecule has 2 N–H and O–H groups in total. The molecule has 0 radical (unpaired) electrons. The summed E-state index contributed by atoms with van der Waals surface area (Å²) < 4.78 is 0. The maximum atomic E-state index is 12.0. The number of piperazine rings is 1. The van der Waals surface area contributed by atoms with Crippen LogP contribution >= 0.6 is 12.4 Å². The summed E-state index contributed by atoms with van der Waals surface area (Å²) in [5, 5.41) is 5.91. The first-order chi connectivity index (χ1) is 9.70. The van der Waals surface area contributed by atoms with Gasteiger partial charge in [-0.1, -0.05) is 6.07 Å². The Balaban J connectivity index is 0.00000220. The van der Waals surface area contributed by atoms with E-state index in [0.29, 0.717) is 19.6 Å². The Morgan fingerprint density at radius 3 is 3.05 bits per heavy atom. The van der Waals surface area contributed by atoms with Gasteiger partial charge in [-0.3, -0.25) is 14.6 Å². The molecule has 7 heteroatoms. The smallest absolute Gasteiger partial charge is 0.240 e. The number of carbonyl (C=O) groups is 2. The molecule has 1 aliphatic heterocycles. The van der Waals surface area contributed by atoms with Crippen LogP contribution < -0.4 is 10.6 Å². The molecule has 0 bridgehead atoms. The highest BCUT2D eigenvalue weighted by Crippen LogP contribution is 2.05. The first-order valence-electron chi connectivity index (χ1n) is 6.88. The summed E-state index contributed by atoms with van der Waals surface area (Å²) in [4.78, 5) is 29.7. The molecule has 1 fully saturated rings. The minimum atomic E-state index is -0.405. The molecular weight excluding hydrogens is 292 g/mol. The van der Waals surface area contributed by atoms with Crippen LogP contribution in [0, 0.1) is 0 Å². The minimum absolute atomic E-state index is 0. The molecule has 0 spiro atoms. The molecule has 1 aliphatic rings. The van der Waals surface area contributed by atoms with Crippen LogP contribution in [0.4, 0.5) is 0 Å². The van der Waals surface area contributed by atoms with E-state index in [0.717, 1.165) is 12.1 Å². The van der Waals surface area contributed by atoms with Crippen molar-refractivity contribution in [1.82, 2.24) is 20.5 Å². The molecule has 2 rings (SSSR count). The van der Waals surface area contributed by atoms with Gasteiger partial charge in [0.15, 0.2) is 0 Å². The van der Waals surface area contributed by atoms with Gasteiger partial charge in [0.1, 0.15) is 0 Å². The molecule has 21 heavy (non-hydrogen) atoms. The summed E-state index contributed by atoms with van der Waals surface area (Å²) in [6, 6.07) is 3.32. The van der Waals surface area contributed by atoms with Gasteiger partial charge in [-0.05, 0) is 18.6 Å². The number of aromatic nitrogens is 1. The molecule has 2 amide bonds. The Morgan fingerprint density at radius 2 is 2.38 bits per heavy atom. The van der Waals surface area contributed by atoms with Crippen molar-refractivity contribution >= 4 is 24.2 Å². The molecule has 0 aromatic carbocycles. The average Bonchev–Trinajstić information content (AvgIpc) is 2.48. The van der Waals surface area contributed by atoms with E-state index in [1.807, 2.05) is 19.1 Å². The molecule has 2 heterocycles. The first kappa shape index (κ1) is 17.4. The van der Waals surface area contributed by atoms with Gasteiger partial charge in [-0.25, -0.2) is 0 Å². The van der Waals surface area contributed by atoms with Crippen molar-refractivity contribution in [2.75, 3.05) is 19.6 Å². The lowest BCUT2D eigenvalue weighted by molar-refractivity contribution is -0.138. The van der Waals surface area contributed by atoms with Crippen molar-refractivity contribution in [3.8, 4) is 0 Å². The predicted octanol–water partition coefficient (Wildman–Crippen LogP) is 0.330. The fourth-order valence-corrected chi connectivity index (χ4v) is 2.23. The Morgan fingerprint density at radius 1 is 1.57 bits per heavy atom. The third-order valence-corrected chi connectivity index (χ3v) is 3.37. The van der Waals surface area contributed by atoms with E-state index in [1.165, 1.54) is 0 Å². The molecule has 1 unspecified atom stereocenters. The van der Waals surface area contributed by atoms with Crippen molar-refractivity contribution in [3.05, 3.63) is 30.1 Å². The number of nitrogens with zero attached hydrogens (tertiary/aromatic N) is 2. The molecule has 1 aromatic heterocycles. The second-order valence-electron chi connectivity index (χ2n) is 4.77. The summed E-state index contributed by atoms with van der Waals surface area (Å²) in [6.45, 7) is 4.52. The minimum Gasteiger partial charge on any atom is -0.352 e. The van der Waals surface area contributed by atoms with Crippen LogP contribution in [-0.2, 0) is 16.1 Å². The van der Waals surface area contributed by atoms with Gasteiger partial charge in [0.25, 0.3) is 0 Å². The van der Waals surface area contributed by atoms with Gasteiger partial charge in [0.2, 0.25) is 11.8 Å². The number of hydrogen-bond acceptors (Lipinski definition) is 4. The average molecular weight is 313 g/mol. The summed E-state index contributed by atoms with van der Waals surface area (Å²) in [6.07, 6.45) is 3.58. The van der Waals surface area contributed by atoms with Crippen LogP contribution in [0.1, 0.15) is 18.9 Å². The predicted molar refractivity (Wildman–Crippen MR) is 82.0 cm³/mol. The molecular formula is C14H21ClN4O2. The Labute approximate surface area is 130 Å². The molecule has 1 aromatic rings. The molecule has 6 nitrogen and oxygen atoms in total. The fourth-order valence-electron chi connectivity index (χ4n) is 2.23. The summed E-state index contributed by atoms with van der Waals surface area (Å²) in [5.41, 5.74) is 0.943. The monoisotopic (exact) mass is 312 g/mol. The second-order valence-corrected chi connectivity index (χ2v) is 4.77. The number of likely N-dealkylation sites (N-methyl/N-ethyl adjacent to an activating group) is 1. The zero-order valence-corrected chi connectivity index (χ0v) is 12.9. The zero-order chi connectivity index (χ0) is 14.4. The lowest BCUT2D eigenvalue weighted by Crippen LogP contribution is -2.56. The number of rotatable bonds is 5. The van der Waals surface area contributed by atoms with Crippen molar-refractivity contribution in [1.29, 1.82) is 0 Å². The Hall–Kier alpha value is -1.66. The SMILES string of the molecule is CCN1CCNC(CC(=O)NCc2cccnc2)C1=O.Cl. The number of halogens is 1. The maximum Gasteiger partial charge on any atom is 0.240 e. The quantitative estimate of drug-likeness (QED) is 0.822. The molecule has 0 saturated carbocycles. The summed E-state index contributed by atoms with van der Waals surface area (Å²) in [7, 11) is 0. The molecule has 1 saturated heterocycles. The third-order valence-electron chi connectivity index (χ3n) is 3.37. The van der Waals surface area contributed by atoms with E-state index in [2.05, 4.69) is 15.6 Å². The highest BCUT2D eigenvalue weighted by Gasteiger charge is 2.28. The van der Waals surface area contributed by atoms with Gasteiger partial charge < -0.3 is 15.5 Å². The fraction of sp³-hybridized carbons (Fsp3) is 0.500. The van der Waals surface area contributed by atoms with Gasteiger partial charge in [0.05, 0.1) is 12.5 Å². The third kappa shape index (κ3) is 4.99. The van der Waals surface area contributed by atoms with Crippen LogP contribution in [0.15, 0.2) is 24.5 Å². The number of amides is 2. The van der Waals surface area contributed by atoms with E-state index in [4.69, 9.17) is 0 Å². The number of nitrogens with one attached hydrogen (secondary N) is 2. The molecule has 116 valence electrons. The maximum absolute atomic E-state index is 12.0. The van der Waals surface area contributed by atoms with Crippen LogP contribution in [0.25, 0.3) is 0 Å². The van der Waals surface area contributed by atoms with Gasteiger partial charge in [-0.15, -0.1) is 12.4 Å². The lowest BCUT2D eigenvalue weighted by atomic mass is 10.1. The largest absolute Gasteiger partial charge is 0.352 e. The van der Waals surface area contributed by atoms with Crippen LogP contribution in [0.5, 0.6) is 0 Å². The van der Waals surface area contributed by atoms with Crippen LogP contribution in [0.2, 0.25) is 0 Å². The van der Waals surface area contributed by atoms with Crippen LogP contribution in [0.3, 0.4) is 0 Å². The summed E-state index contributed by atoms with van der Waals surface area (Å²) in [5.74, 6) is -0.118. The second kappa shape index (κ2) is 8.59. The molecule has 1 atom stereocenters. The first-order valence-corrected chi connectivity index (χ1v) is 6.88. The molecule has 0 aliphatic carbocycles. The topological polar surface area (TPSA) is 74.3 Å². The van der Waals surface area contributed by atoms with E-state index >= 15 is 0 Å². The van der Waals surface area contributed by atoms with E-state index < -0.39 is 6.04 Å². The normalized spacial score (nSPS) is 18.0. The number of hydrogen-bond donors (Lipinski definition) is 2. The highest BCUT2D eigenvalue weighted by atomic mass is 35.5. The number of pyridine rings is 1.